The maximum atomic E-state index is 14.5. The van der Waals surface area contributed by atoms with E-state index in [4.69, 9.17) is 9.16 Å². The smallest absolute Gasteiger partial charge is 0.411 e. The molecule has 0 bridgehead atoms. The van der Waals surface area contributed by atoms with Gasteiger partial charge in [-0.25, -0.2) is 4.79 Å². The molecule has 230 valence electrons. The van der Waals surface area contributed by atoms with Crippen LogP contribution in [0.15, 0.2) is 60.7 Å². The number of β-lactam (4-membered cyclic amide) rings is 1. The van der Waals surface area contributed by atoms with Crippen molar-refractivity contribution < 1.29 is 18.8 Å². The summed E-state index contributed by atoms with van der Waals surface area (Å²) >= 11 is 0. The van der Waals surface area contributed by atoms with Gasteiger partial charge in [0, 0.05) is 0 Å². The van der Waals surface area contributed by atoms with Crippen molar-refractivity contribution in [2.45, 2.75) is 121 Å². The van der Waals surface area contributed by atoms with E-state index in [0.717, 1.165) is 11.1 Å². The molecule has 2 amide bonds. The van der Waals surface area contributed by atoms with E-state index in [1.54, 1.807) is 4.90 Å². The van der Waals surface area contributed by atoms with Crippen LogP contribution < -0.4 is 0 Å². The van der Waals surface area contributed by atoms with Crippen LogP contribution in [0.4, 0.5) is 4.79 Å². The van der Waals surface area contributed by atoms with Gasteiger partial charge in [-0.3, -0.25) is 9.69 Å². The van der Waals surface area contributed by atoms with Gasteiger partial charge in [0.25, 0.3) is 0 Å². The fourth-order valence-electron chi connectivity index (χ4n) is 7.37. The quantitative estimate of drug-likeness (QED) is 0.200. The van der Waals surface area contributed by atoms with Crippen molar-refractivity contribution in [3.63, 3.8) is 0 Å². The molecule has 2 fully saturated rings. The van der Waals surface area contributed by atoms with Crippen LogP contribution >= 0.6 is 0 Å². The average Bonchev–Trinajstić information content (AvgIpc) is 3.28. The third-order valence-electron chi connectivity index (χ3n) is 10.4. The minimum absolute atomic E-state index is 0.0156. The van der Waals surface area contributed by atoms with E-state index >= 15 is 0 Å². The predicted octanol–water partition coefficient (Wildman–Crippen LogP) is 8.70. The van der Waals surface area contributed by atoms with Crippen molar-refractivity contribution in [2.75, 3.05) is 6.61 Å². The molecule has 0 aromatic heterocycles. The Morgan fingerprint density at radius 3 is 1.81 bits per heavy atom. The highest BCUT2D eigenvalue weighted by Crippen LogP contribution is 2.53. The average molecular weight is 609 g/mol. The highest BCUT2D eigenvalue weighted by molar-refractivity contribution is 6.80. The molecule has 2 aromatic rings. The summed E-state index contributed by atoms with van der Waals surface area (Å²) in [5.41, 5.74) is 3.15. The van der Waals surface area contributed by atoms with Gasteiger partial charge in [-0.05, 0) is 32.8 Å². The number of rotatable bonds is 10. The molecule has 0 radical (unpaired) electrons. The number of carbonyl (C=O) groups excluding carboxylic acids is 2. The van der Waals surface area contributed by atoms with E-state index in [1.165, 1.54) is 0 Å². The van der Waals surface area contributed by atoms with Crippen LogP contribution in [0.5, 0.6) is 0 Å². The number of amides is 2. The van der Waals surface area contributed by atoms with E-state index in [0.29, 0.717) is 16.6 Å². The van der Waals surface area contributed by atoms with Crippen LogP contribution in [0.1, 0.15) is 85.6 Å². The summed E-state index contributed by atoms with van der Waals surface area (Å²) in [7, 11) is -4.78. The molecule has 0 aliphatic carbocycles. The molecule has 42 heavy (non-hydrogen) atoms. The van der Waals surface area contributed by atoms with Gasteiger partial charge in [-0.1, -0.05) is 136 Å². The van der Waals surface area contributed by atoms with E-state index in [2.05, 4.69) is 104 Å². The van der Waals surface area contributed by atoms with E-state index in [1.807, 2.05) is 36.4 Å². The number of carbonyl (C=O) groups is 2. The molecule has 2 saturated heterocycles. The molecule has 4 atom stereocenters. The minimum atomic E-state index is -2.40. The Morgan fingerprint density at radius 1 is 0.833 bits per heavy atom. The SMILES string of the molecule is CC(C)[Si](O[C@@H](c1ccccc1)[C@@H]1[C@@H](N2C(=O)OC[C@@H]2c2ccccc2)C(=O)N1[Si](C)(C)C(C)(C)C)(C(C)C)C(C)C. The standard InChI is InChI=1S/C34H52N2O4Si2/c1-23(2)42(24(3)4,25(5)6)40-31(27-20-16-13-17-21-27)29-30(32(37)36(29)41(10,11)34(7,8)9)35-28(22-39-33(35)38)26-18-14-12-15-19-26/h12-21,23-25,28-31H,22H2,1-11H3/t28-,29+,30-,31+/m1/s1. The molecule has 2 aliphatic heterocycles. The van der Waals surface area contributed by atoms with Gasteiger partial charge in [0.1, 0.15) is 12.6 Å². The van der Waals surface area contributed by atoms with Crippen molar-refractivity contribution in [1.29, 1.82) is 0 Å². The number of ether oxygens (including phenoxy) is 1. The monoisotopic (exact) mass is 608 g/mol. The Hall–Kier alpha value is -2.43. The number of nitrogens with zero attached hydrogens (tertiary/aromatic N) is 2. The van der Waals surface area contributed by atoms with E-state index < -0.39 is 28.7 Å². The zero-order valence-corrected chi connectivity index (χ0v) is 29.5. The lowest BCUT2D eigenvalue weighted by Gasteiger charge is -2.62. The van der Waals surface area contributed by atoms with Crippen LogP contribution in [0.3, 0.4) is 0 Å². The second-order valence-corrected chi connectivity index (χ2v) is 25.1. The fraction of sp³-hybridized carbons (Fsp3) is 0.588. The van der Waals surface area contributed by atoms with Gasteiger partial charge in [-0.15, -0.1) is 0 Å². The van der Waals surface area contributed by atoms with Gasteiger partial charge in [0.15, 0.2) is 8.24 Å². The molecule has 2 aromatic carbocycles. The summed E-state index contributed by atoms with van der Waals surface area (Å²) in [6, 6.07) is 19.0. The highest BCUT2D eigenvalue weighted by Gasteiger charge is 2.65. The van der Waals surface area contributed by atoms with Crippen molar-refractivity contribution in [3.05, 3.63) is 71.8 Å². The Bertz CT molecular complexity index is 1220. The number of cyclic esters (lactones) is 1. The Balaban J connectivity index is 1.93. The summed E-state index contributed by atoms with van der Waals surface area (Å²) in [6.45, 7) is 25.3. The molecule has 8 heteroatoms. The molecule has 0 saturated carbocycles. The zero-order chi connectivity index (χ0) is 31.2. The fourth-order valence-corrected chi connectivity index (χ4v) is 15.3. The third kappa shape index (κ3) is 5.39. The first-order valence-corrected chi connectivity index (χ1v) is 20.7. The Kier molecular flexibility index (Phi) is 9.22. The van der Waals surface area contributed by atoms with Crippen LogP contribution in [0.2, 0.25) is 34.8 Å². The molecule has 2 aliphatic rings. The summed E-state index contributed by atoms with van der Waals surface area (Å²) in [6.07, 6.45) is -0.791. The molecule has 0 N–H and O–H groups in total. The van der Waals surface area contributed by atoms with E-state index in [9.17, 15) is 9.59 Å². The van der Waals surface area contributed by atoms with Crippen molar-refractivity contribution in [1.82, 2.24) is 9.47 Å². The second-order valence-electron chi connectivity index (χ2n) is 14.6. The van der Waals surface area contributed by atoms with Gasteiger partial charge in [0.05, 0.1) is 18.2 Å². The topological polar surface area (TPSA) is 59.1 Å². The second kappa shape index (κ2) is 11.9. The first kappa shape index (κ1) is 32.5. The van der Waals surface area contributed by atoms with Gasteiger partial charge < -0.3 is 13.7 Å². The summed E-state index contributed by atoms with van der Waals surface area (Å²) in [5.74, 6) is 0.0156. The largest absolute Gasteiger partial charge is 0.447 e. The van der Waals surface area contributed by atoms with Gasteiger partial charge in [0.2, 0.25) is 14.2 Å². The lowest BCUT2D eigenvalue weighted by Crippen LogP contribution is -2.80. The van der Waals surface area contributed by atoms with Crippen molar-refractivity contribution >= 4 is 28.6 Å². The normalized spacial score (nSPS) is 22.7. The van der Waals surface area contributed by atoms with E-state index in [-0.39, 0.29) is 35.7 Å². The third-order valence-corrected chi connectivity index (χ3v) is 21.9. The van der Waals surface area contributed by atoms with Crippen molar-refractivity contribution in [3.8, 4) is 0 Å². The molecule has 6 nitrogen and oxygen atoms in total. The predicted molar refractivity (Wildman–Crippen MR) is 175 cm³/mol. The number of hydrogen-bond donors (Lipinski definition) is 0. The van der Waals surface area contributed by atoms with Gasteiger partial charge >= 0.3 is 6.09 Å². The van der Waals surface area contributed by atoms with Crippen LogP contribution in [-0.4, -0.2) is 56.7 Å². The molecular formula is C34H52N2O4Si2. The first-order valence-electron chi connectivity index (χ1n) is 15.6. The Labute approximate surface area is 256 Å². The molecule has 4 rings (SSSR count). The van der Waals surface area contributed by atoms with Crippen LogP contribution in [0.25, 0.3) is 0 Å². The molecule has 0 spiro atoms. The lowest BCUT2D eigenvalue weighted by atomic mass is 9.87. The zero-order valence-electron chi connectivity index (χ0n) is 27.5. The van der Waals surface area contributed by atoms with Crippen molar-refractivity contribution in [2.24, 2.45) is 0 Å². The highest BCUT2D eigenvalue weighted by atomic mass is 28.4. The lowest BCUT2D eigenvalue weighted by molar-refractivity contribution is -0.156. The maximum Gasteiger partial charge on any atom is 0.411 e. The summed E-state index contributed by atoms with van der Waals surface area (Å²) in [4.78, 5) is 29.8. The summed E-state index contributed by atoms with van der Waals surface area (Å²) in [5, 5.41) is -0.0832. The molecule has 2 heterocycles. The molecule has 0 unspecified atom stereocenters. The number of benzene rings is 2. The maximum absolute atomic E-state index is 14.5. The van der Waals surface area contributed by atoms with Crippen LogP contribution in [0, 0.1) is 0 Å². The first-order chi connectivity index (χ1) is 19.6. The van der Waals surface area contributed by atoms with Gasteiger partial charge in [-0.2, -0.15) is 0 Å². The minimum Gasteiger partial charge on any atom is -0.447 e. The Morgan fingerprint density at radius 2 is 1.33 bits per heavy atom. The summed E-state index contributed by atoms with van der Waals surface area (Å²) < 4.78 is 15.5. The number of hydrogen-bond acceptors (Lipinski definition) is 4. The van der Waals surface area contributed by atoms with Crippen LogP contribution in [-0.2, 0) is 14.0 Å². The molecular weight excluding hydrogens is 557 g/mol.